The Morgan fingerprint density at radius 2 is 1.39 bits per heavy atom. The molecule has 0 aromatic heterocycles. The Labute approximate surface area is 249 Å². The lowest BCUT2D eigenvalue weighted by molar-refractivity contribution is -0.215. The molecule has 1 saturated carbocycles. The summed E-state index contributed by atoms with van der Waals surface area (Å²) < 4.78 is 131. The fourth-order valence-corrected chi connectivity index (χ4v) is 6.00. The van der Waals surface area contributed by atoms with Gasteiger partial charge in [0.1, 0.15) is 28.8 Å². The second kappa shape index (κ2) is 13.3. The van der Waals surface area contributed by atoms with E-state index in [1.807, 2.05) is 6.08 Å². The SMILES string of the molecule is C=CCCC1CCC(C2COC(c3cc(F)c(C(F)(F)Oc4ccc(-c5cc(F)c(F)c(F)c5)c(F)c4)c(F)c3)OC2)CC1. The molecule has 236 valence electrons. The molecule has 0 unspecified atom stereocenters. The molecule has 0 radical (unpaired) electrons. The lowest BCUT2D eigenvalue weighted by Gasteiger charge is -2.38. The van der Waals surface area contributed by atoms with E-state index >= 15 is 0 Å². The molecule has 2 fully saturated rings. The van der Waals surface area contributed by atoms with Gasteiger partial charge in [-0.15, -0.1) is 6.58 Å². The predicted molar refractivity (Wildman–Crippen MR) is 146 cm³/mol. The largest absolute Gasteiger partial charge is 0.432 e. The van der Waals surface area contributed by atoms with E-state index in [1.165, 1.54) is 0 Å². The van der Waals surface area contributed by atoms with Crippen LogP contribution >= 0.6 is 0 Å². The van der Waals surface area contributed by atoms with Gasteiger partial charge in [-0.1, -0.05) is 18.9 Å². The molecule has 44 heavy (non-hydrogen) atoms. The number of allylic oxidation sites excluding steroid dienone is 1. The maximum absolute atomic E-state index is 15.0. The zero-order valence-electron chi connectivity index (χ0n) is 23.5. The molecule has 1 saturated heterocycles. The van der Waals surface area contributed by atoms with Gasteiger partial charge in [-0.25, -0.2) is 26.3 Å². The Bertz CT molecular complexity index is 1450. The molecule has 3 aromatic rings. The molecule has 1 aliphatic carbocycles. The van der Waals surface area contributed by atoms with Gasteiger partial charge < -0.3 is 14.2 Å². The van der Waals surface area contributed by atoms with Crippen molar-refractivity contribution in [3.8, 4) is 16.9 Å². The Morgan fingerprint density at radius 3 is 1.95 bits per heavy atom. The quantitative estimate of drug-likeness (QED) is 0.135. The summed E-state index contributed by atoms with van der Waals surface area (Å²) in [6.07, 6.45) is 2.60. The van der Waals surface area contributed by atoms with Gasteiger partial charge in [0.05, 0.1) is 13.2 Å². The normalized spacial score (nSPS) is 22.5. The van der Waals surface area contributed by atoms with Gasteiger partial charge in [-0.3, -0.25) is 0 Å². The van der Waals surface area contributed by atoms with Crippen LogP contribution in [0.15, 0.2) is 55.1 Å². The van der Waals surface area contributed by atoms with Crippen LogP contribution in [0.4, 0.5) is 35.1 Å². The first-order valence-corrected chi connectivity index (χ1v) is 14.3. The van der Waals surface area contributed by atoms with Crippen LogP contribution in [0.5, 0.6) is 5.75 Å². The van der Waals surface area contributed by atoms with Crippen LogP contribution in [-0.2, 0) is 15.6 Å². The average Bonchev–Trinajstić information content (AvgIpc) is 2.98. The van der Waals surface area contributed by atoms with Crippen molar-refractivity contribution in [2.24, 2.45) is 17.8 Å². The molecule has 3 aromatic carbocycles. The van der Waals surface area contributed by atoms with Gasteiger partial charge >= 0.3 is 6.11 Å². The summed E-state index contributed by atoms with van der Waals surface area (Å²) in [5.74, 6) is -9.09. The minimum Gasteiger partial charge on any atom is -0.429 e. The smallest absolute Gasteiger partial charge is 0.429 e. The van der Waals surface area contributed by atoms with E-state index in [0.717, 1.165) is 50.7 Å². The van der Waals surface area contributed by atoms with Gasteiger partial charge in [0.25, 0.3) is 0 Å². The summed E-state index contributed by atoms with van der Waals surface area (Å²) in [5.41, 5.74) is -2.70. The maximum atomic E-state index is 15.0. The zero-order valence-corrected chi connectivity index (χ0v) is 23.5. The summed E-state index contributed by atoms with van der Waals surface area (Å²) in [6, 6.07) is 4.50. The van der Waals surface area contributed by atoms with Gasteiger partial charge in [-0.2, -0.15) is 8.78 Å². The van der Waals surface area contributed by atoms with Crippen molar-refractivity contribution in [1.29, 1.82) is 0 Å². The van der Waals surface area contributed by atoms with Crippen molar-refractivity contribution < 1.29 is 49.3 Å². The number of hydrogen-bond acceptors (Lipinski definition) is 3. The second-order valence-electron chi connectivity index (χ2n) is 11.3. The first-order valence-electron chi connectivity index (χ1n) is 14.3. The van der Waals surface area contributed by atoms with Crippen LogP contribution in [-0.4, -0.2) is 13.2 Å². The standard InChI is InChI=1S/C33H30F8O3/c1-2-3-4-18-5-7-19(8-6-18)22-16-42-32(43-17-22)21-13-26(35)30(27(36)14-21)33(40,41)44-23-9-10-24(25(34)15-23)20-11-28(37)31(39)29(38)12-20/h2,9-15,18-19,22,32H,1,3-8,16-17H2. The van der Waals surface area contributed by atoms with Crippen molar-refractivity contribution in [1.82, 2.24) is 0 Å². The molecule has 0 spiro atoms. The fourth-order valence-electron chi connectivity index (χ4n) is 6.00. The van der Waals surface area contributed by atoms with Gasteiger partial charge in [-0.05, 0) is 79.5 Å². The van der Waals surface area contributed by atoms with E-state index in [1.54, 1.807) is 0 Å². The van der Waals surface area contributed by atoms with Crippen molar-refractivity contribution in [2.45, 2.75) is 50.9 Å². The lowest BCUT2D eigenvalue weighted by atomic mass is 9.75. The Balaban J connectivity index is 1.24. The van der Waals surface area contributed by atoms with E-state index in [0.29, 0.717) is 55.4 Å². The molecule has 0 atom stereocenters. The first-order chi connectivity index (χ1) is 21.0. The molecular weight excluding hydrogens is 596 g/mol. The number of hydrogen-bond donors (Lipinski definition) is 0. The lowest BCUT2D eigenvalue weighted by Crippen LogP contribution is -2.34. The summed E-state index contributed by atoms with van der Waals surface area (Å²) in [7, 11) is 0. The number of benzene rings is 3. The minimum atomic E-state index is -4.58. The molecule has 1 aliphatic heterocycles. The van der Waals surface area contributed by atoms with E-state index in [-0.39, 0.29) is 11.5 Å². The minimum absolute atomic E-state index is 0.117. The Hall–Kier alpha value is -3.44. The summed E-state index contributed by atoms with van der Waals surface area (Å²) >= 11 is 0. The molecule has 11 heteroatoms. The van der Waals surface area contributed by atoms with Crippen molar-refractivity contribution >= 4 is 0 Å². The molecule has 2 aliphatic rings. The first kappa shape index (κ1) is 32.0. The third kappa shape index (κ3) is 6.94. The van der Waals surface area contributed by atoms with Crippen LogP contribution in [0.25, 0.3) is 11.1 Å². The van der Waals surface area contributed by atoms with E-state index in [4.69, 9.17) is 9.47 Å². The number of halogens is 8. The highest BCUT2D eigenvalue weighted by molar-refractivity contribution is 5.65. The number of rotatable bonds is 9. The third-order valence-corrected chi connectivity index (χ3v) is 8.37. The van der Waals surface area contributed by atoms with E-state index < -0.39 is 69.7 Å². The summed E-state index contributed by atoms with van der Waals surface area (Å²) in [6.45, 7) is 4.37. The van der Waals surface area contributed by atoms with E-state index in [9.17, 15) is 35.1 Å². The molecule has 1 heterocycles. The highest BCUT2D eigenvalue weighted by Crippen LogP contribution is 2.41. The number of alkyl halides is 2. The monoisotopic (exact) mass is 626 g/mol. The second-order valence-corrected chi connectivity index (χ2v) is 11.3. The highest BCUT2D eigenvalue weighted by atomic mass is 19.3. The van der Waals surface area contributed by atoms with Crippen LogP contribution in [0, 0.1) is 52.7 Å². The van der Waals surface area contributed by atoms with Crippen LogP contribution in [0.2, 0.25) is 0 Å². The predicted octanol–water partition coefficient (Wildman–Crippen LogP) is 9.75. The fraction of sp³-hybridized carbons (Fsp3) is 0.394. The van der Waals surface area contributed by atoms with Gasteiger partial charge in [0.15, 0.2) is 23.7 Å². The van der Waals surface area contributed by atoms with Crippen molar-refractivity contribution in [2.75, 3.05) is 13.2 Å². The summed E-state index contributed by atoms with van der Waals surface area (Å²) in [5, 5.41) is 0. The van der Waals surface area contributed by atoms with Gasteiger partial charge in [0.2, 0.25) is 0 Å². The molecular formula is C33H30F8O3. The molecule has 5 rings (SSSR count). The highest BCUT2D eigenvalue weighted by Gasteiger charge is 2.42. The maximum Gasteiger partial charge on any atom is 0.432 e. The van der Waals surface area contributed by atoms with Crippen LogP contribution < -0.4 is 4.74 Å². The van der Waals surface area contributed by atoms with Gasteiger partial charge in [0, 0.05) is 23.1 Å². The molecule has 3 nitrogen and oxygen atoms in total. The van der Waals surface area contributed by atoms with Crippen molar-refractivity contribution in [3.63, 3.8) is 0 Å². The van der Waals surface area contributed by atoms with Crippen LogP contribution in [0.1, 0.15) is 55.9 Å². The Morgan fingerprint density at radius 1 is 0.773 bits per heavy atom. The van der Waals surface area contributed by atoms with E-state index in [2.05, 4.69) is 11.3 Å². The zero-order chi connectivity index (χ0) is 31.6. The molecule has 0 amide bonds. The number of ether oxygens (including phenoxy) is 3. The summed E-state index contributed by atoms with van der Waals surface area (Å²) in [4.78, 5) is 0. The van der Waals surface area contributed by atoms with Crippen LogP contribution in [0.3, 0.4) is 0 Å². The molecule has 0 N–H and O–H groups in total. The van der Waals surface area contributed by atoms with Crippen molar-refractivity contribution in [3.05, 3.63) is 101 Å². The average molecular weight is 627 g/mol. The topological polar surface area (TPSA) is 27.7 Å². The Kier molecular flexibility index (Phi) is 9.65. The molecule has 0 bridgehead atoms. The third-order valence-electron chi connectivity index (χ3n) is 8.37.